The molecule has 120 valence electrons. The minimum absolute atomic E-state index is 0.116. The molecule has 1 saturated heterocycles. The zero-order valence-corrected chi connectivity index (χ0v) is 12.4. The second-order valence-electron chi connectivity index (χ2n) is 5.51. The lowest BCUT2D eigenvalue weighted by Gasteiger charge is -2.31. The average Bonchev–Trinajstić information content (AvgIpc) is 2.46. The minimum Gasteiger partial charge on any atom is -0.388 e. The van der Waals surface area contributed by atoms with Gasteiger partial charge >= 0.3 is 0 Å². The van der Waals surface area contributed by atoms with Crippen molar-refractivity contribution >= 4 is 11.5 Å². The second kappa shape index (κ2) is 6.98. The van der Waals surface area contributed by atoms with Crippen LogP contribution in [0.2, 0.25) is 0 Å². The van der Waals surface area contributed by atoms with Gasteiger partial charge in [-0.3, -0.25) is 4.79 Å². The Hall–Kier alpha value is -1.79. The van der Waals surface area contributed by atoms with E-state index in [1.165, 1.54) is 12.1 Å². The number of aliphatic hydroxyl groups is 1. The highest BCUT2D eigenvalue weighted by Crippen LogP contribution is 2.20. The first-order valence-corrected chi connectivity index (χ1v) is 7.11. The summed E-state index contributed by atoms with van der Waals surface area (Å²) >= 11 is 0. The topological polar surface area (TPSA) is 58.6 Å². The van der Waals surface area contributed by atoms with E-state index in [9.17, 15) is 18.7 Å². The first-order valence-electron chi connectivity index (χ1n) is 7.11. The number of benzene rings is 1. The quantitative estimate of drug-likeness (QED) is 0.837. The Labute approximate surface area is 127 Å². The fraction of sp³-hybridized carbons (Fsp3) is 0.438. The summed E-state index contributed by atoms with van der Waals surface area (Å²) in [7, 11) is 0. The van der Waals surface area contributed by atoms with Gasteiger partial charge in [-0.1, -0.05) is 0 Å². The molecular weight excluding hydrogens is 292 g/mol. The van der Waals surface area contributed by atoms with Crippen LogP contribution in [0.15, 0.2) is 24.3 Å². The molecule has 6 heteroatoms. The molecule has 0 unspecified atom stereocenters. The molecule has 0 aromatic heterocycles. The lowest BCUT2D eigenvalue weighted by molar-refractivity contribution is -0.119. The Morgan fingerprint density at radius 1 is 1.41 bits per heavy atom. The lowest BCUT2D eigenvalue weighted by Crippen LogP contribution is -2.46. The van der Waals surface area contributed by atoms with Crippen LogP contribution in [-0.4, -0.2) is 36.4 Å². The molecule has 1 aliphatic heterocycles. The molecule has 1 aliphatic rings. The van der Waals surface area contributed by atoms with E-state index >= 15 is 0 Å². The van der Waals surface area contributed by atoms with Gasteiger partial charge in [-0.15, -0.1) is 0 Å². The molecule has 2 rings (SSSR count). The predicted molar refractivity (Wildman–Crippen MR) is 78.0 cm³/mol. The molecule has 1 heterocycles. The van der Waals surface area contributed by atoms with Crippen LogP contribution < -0.4 is 5.32 Å². The minimum atomic E-state index is -0.962. The van der Waals surface area contributed by atoms with Gasteiger partial charge in [-0.05, 0) is 24.6 Å². The highest BCUT2D eigenvalue weighted by molar-refractivity contribution is 5.94. The van der Waals surface area contributed by atoms with Gasteiger partial charge in [0.15, 0.2) is 0 Å². The van der Waals surface area contributed by atoms with Crippen LogP contribution in [0.4, 0.5) is 8.78 Å². The maximum Gasteiger partial charge on any atom is 0.244 e. The fourth-order valence-electron chi connectivity index (χ4n) is 2.31. The summed E-state index contributed by atoms with van der Waals surface area (Å²) in [6, 6.07) is 3.20. The van der Waals surface area contributed by atoms with Crippen molar-refractivity contribution in [2.75, 3.05) is 19.8 Å². The van der Waals surface area contributed by atoms with Crippen LogP contribution in [0.3, 0.4) is 0 Å². The number of rotatable bonds is 4. The third-order valence-corrected chi connectivity index (χ3v) is 3.72. The van der Waals surface area contributed by atoms with Crippen LogP contribution in [0.5, 0.6) is 0 Å². The molecule has 1 amide bonds. The molecular formula is C16H19F2NO3. The van der Waals surface area contributed by atoms with Crippen molar-refractivity contribution < 1.29 is 23.4 Å². The number of nitrogens with one attached hydrogen (secondary N) is 1. The number of amides is 1. The molecule has 0 bridgehead atoms. The number of halogens is 2. The largest absolute Gasteiger partial charge is 0.388 e. The van der Waals surface area contributed by atoms with Crippen LogP contribution in [-0.2, 0) is 9.53 Å². The van der Waals surface area contributed by atoms with Crippen LogP contribution in [0.25, 0.3) is 5.57 Å². The fourth-order valence-corrected chi connectivity index (χ4v) is 2.31. The van der Waals surface area contributed by atoms with Gasteiger partial charge < -0.3 is 15.2 Å². The van der Waals surface area contributed by atoms with Crippen molar-refractivity contribution in [1.29, 1.82) is 0 Å². The molecule has 4 nitrogen and oxygen atoms in total. The first kappa shape index (κ1) is 16.6. The van der Waals surface area contributed by atoms with E-state index in [0.29, 0.717) is 31.6 Å². The molecule has 1 aromatic carbocycles. The summed E-state index contributed by atoms with van der Waals surface area (Å²) in [5.41, 5.74) is -0.410. The van der Waals surface area contributed by atoms with Gasteiger partial charge in [0.2, 0.25) is 5.91 Å². The summed E-state index contributed by atoms with van der Waals surface area (Å²) in [5.74, 6) is -1.81. The van der Waals surface area contributed by atoms with Gasteiger partial charge in [0.1, 0.15) is 11.6 Å². The van der Waals surface area contributed by atoms with Crippen molar-refractivity contribution in [2.45, 2.75) is 25.4 Å². The molecule has 0 saturated carbocycles. The van der Waals surface area contributed by atoms with Crippen molar-refractivity contribution in [3.05, 3.63) is 41.5 Å². The van der Waals surface area contributed by atoms with E-state index in [0.717, 1.165) is 12.1 Å². The predicted octanol–water partition coefficient (Wildman–Crippen LogP) is 2.03. The lowest BCUT2D eigenvalue weighted by atomic mass is 9.94. The van der Waals surface area contributed by atoms with Crippen molar-refractivity contribution in [2.24, 2.45) is 0 Å². The molecule has 0 spiro atoms. The Kier molecular flexibility index (Phi) is 5.26. The van der Waals surface area contributed by atoms with Gasteiger partial charge in [-0.25, -0.2) is 8.78 Å². The smallest absolute Gasteiger partial charge is 0.244 e. The Bertz CT molecular complexity index is 581. The summed E-state index contributed by atoms with van der Waals surface area (Å²) in [6.45, 7) is 2.61. The van der Waals surface area contributed by atoms with Crippen molar-refractivity contribution in [3.8, 4) is 0 Å². The number of ether oxygens (including phenoxy) is 1. The van der Waals surface area contributed by atoms with Gasteiger partial charge in [-0.2, -0.15) is 0 Å². The summed E-state index contributed by atoms with van der Waals surface area (Å²) < 4.78 is 31.6. The maximum atomic E-state index is 13.6. The van der Waals surface area contributed by atoms with Gasteiger partial charge in [0.25, 0.3) is 0 Å². The Morgan fingerprint density at radius 2 is 2.09 bits per heavy atom. The van der Waals surface area contributed by atoms with E-state index < -0.39 is 23.1 Å². The average molecular weight is 311 g/mol. The molecule has 1 fully saturated rings. The zero-order valence-electron chi connectivity index (χ0n) is 12.4. The molecule has 22 heavy (non-hydrogen) atoms. The molecule has 0 radical (unpaired) electrons. The van der Waals surface area contributed by atoms with Crippen molar-refractivity contribution in [1.82, 2.24) is 5.32 Å². The van der Waals surface area contributed by atoms with E-state index in [1.54, 1.807) is 6.92 Å². The first-order chi connectivity index (χ1) is 10.4. The highest BCUT2D eigenvalue weighted by atomic mass is 19.1. The number of allylic oxidation sites excluding steroid dienone is 1. The van der Waals surface area contributed by atoms with Crippen molar-refractivity contribution in [3.63, 3.8) is 0 Å². The van der Waals surface area contributed by atoms with E-state index in [1.807, 2.05) is 0 Å². The molecule has 1 aromatic rings. The Balaban J connectivity index is 1.97. The van der Waals surface area contributed by atoms with Crippen LogP contribution in [0, 0.1) is 11.6 Å². The third-order valence-electron chi connectivity index (χ3n) is 3.72. The van der Waals surface area contributed by atoms with Crippen LogP contribution in [0.1, 0.15) is 25.3 Å². The summed E-state index contributed by atoms with van der Waals surface area (Å²) in [4.78, 5) is 11.9. The summed E-state index contributed by atoms with van der Waals surface area (Å²) in [5, 5.41) is 12.8. The normalized spacial score (nSPS) is 18.1. The zero-order chi connectivity index (χ0) is 16.2. The van der Waals surface area contributed by atoms with E-state index in [-0.39, 0.29) is 12.1 Å². The number of carbonyl (C=O) groups is 1. The van der Waals surface area contributed by atoms with E-state index in [2.05, 4.69) is 5.32 Å². The van der Waals surface area contributed by atoms with Crippen LogP contribution >= 0.6 is 0 Å². The molecule has 0 atom stereocenters. The number of hydrogen-bond donors (Lipinski definition) is 2. The maximum absolute atomic E-state index is 13.6. The second-order valence-corrected chi connectivity index (χ2v) is 5.51. The third kappa shape index (κ3) is 4.35. The number of hydrogen-bond acceptors (Lipinski definition) is 3. The number of carbonyl (C=O) groups excluding carboxylic acids is 1. The van der Waals surface area contributed by atoms with Gasteiger partial charge in [0.05, 0.1) is 5.60 Å². The Morgan fingerprint density at radius 3 is 2.73 bits per heavy atom. The standard InChI is InChI=1S/C16H19F2NO3/c1-11(13-3-2-12(17)9-14(13)18)8-15(20)19-10-16(21)4-6-22-7-5-16/h2-3,8-9,21H,4-7,10H2,1H3,(H,19,20)/b11-8-. The van der Waals surface area contributed by atoms with Gasteiger partial charge in [0, 0.05) is 50.3 Å². The van der Waals surface area contributed by atoms with E-state index in [4.69, 9.17) is 4.74 Å². The highest BCUT2D eigenvalue weighted by Gasteiger charge is 2.29. The monoisotopic (exact) mass is 311 g/mol. The molecule has 0 aliphatic carbocycles. The summed E-state index contributed by atoms with van der Waals surface area (Å²) in [6.07, 6.45) is 2.16. The molecule has 2 N–H and O–H groups in total. The SMILES string of the molecule is C/C(=C/C(=O)NCC1(O)CCOCC1)c1ccc(F)cc1F.